The van der Waals surface area contributed by atoms with Crippen LogP contribution in [0.1, 0.15) is 5.56 Å². The molecule has 0 amide bonds. The number of nitrogens with zero attached hydrogens (tertiary/aromatic N) is 4. The maximum atomic E-state index is 5.91. The number of nitrogens with one attached hydrogen (secondary N) is 1. The van der Waals surface area contributed by atoms with E-state index >= 15 is 0 Å². The third-order valence-electron chi connectivity index (χ3n) is 2.76. The van der Waals surface area contributed by atoms with E-state index in [9.17, 15) is 0 Å². The largest absolute Gasteiger partial charge is 0.358 e. The van der Waals surface area contributed by atoms with Crippen molar-refractivity contribution in [3.8, 4) is 17.8 Å². The Morgan fingerprint density at radius 3 is 2.82 bits per heavy atom. The van der Waals surface area contributed by atoms with Gasteiger partial charge in [-0.25, -0.2) is 14.6 Å². The Morgan fingerprint density at radius 1 is 1.14 bits per heavy atom. The maximum absolute atomic E-state index is 5.91. The third kappa shape index (κ3) is 3.62. The number of aromatic nitrogens is 4. The van der Waals surface area contributed by atoms with Gasteiger partial charge in [-0.2, -0.15) is 0 Å². The molecular formula is C16H12ClN5. The quantitative estimate of drug-likeness (QED) is 0.756. The van der Waals surface area contributed by atoms with Gasteiger partial charge in [0.05, 0.1) is 6.54 Å². The van der Waals surface area contributed by atoms with E-state index in [4.69, 9.17) is 11.6 Å². The third-order valence-corrected chi connectivity index (χ3v) is 3.00. The molecule has 0 atom stereocenters. The molecule has 0 bridgehead atoms. The molecule has 1 N–H and O–H groups in total. The zero-order valence-corrected chi connectivity index (χ0v) is 12.3. The Balaban J connectivity index is 1.60. The molecule has 0 spiro atoms. The fraction of sp³-hybridized carbons (Fsp3) is 0.0625. The van der Waals surface area contributed by atoms with Gasteiger partial charge >= 0.3 is 0 Å². The van der Waals surface area contributed by atoms with Gasteiger partial charge in [-0.05, 0) is 24.3 Å². The molecule has 0 saturated carbocycles. The molecule has 0 radical (unpaired) electrons. The van der Waals surface area contributed by atoms with Gasteiger partial charge in [-0.3, -0.25) is 0 Å². The Labute approximate surface area is 133 Å². The molecule has 0 unspecified atom stereocenters. The Bertz CT molecular complexity index is 817. The van der Waals surface area contributed by atoms with Crippen LogP contribution in [-0.4, -0.2) is 26.3 Å². The summed E-state index contributed by atoms with van der Waals surface area (Å²) in [6, 6.07) is 11.1. The van der Waals surface area contributed by atoms with Crippen LogP contribution in [0.3, 0.4) is 0 Å². The normalized spacial score (nSPS) is 9.86. The first-order valence-electron chi connectivity index (χ1n) is 6.63. The van der Waals surface area contributed by atoms with E-state index in [0.29, 0.717) is 23.3 Å². The van der Waals surface area contributed by atoms with Gasteiger partial charge in [-0.1, -0.05) is 29.5 Å². The fourth-order valence-electron chi connectivity index (χ4n) is 1.79. The van der Waals surface area contributed by atoms with Crippen LogP contribution in [0, 0.1) is 11.8 Å². The van der Waals surface area contributed by atoms with Crippen LogP contribution >= 0.6 is 11.6 Å². The number of halogens is 1. The summed E-state index contributed by atoms with van der Waals surface area (Å²) in [6.07, 6.45) is 5.14. The summed E-state index contributed by atoms with van der Waals surface area (Å²) >= 11 is 5.91. The number of hydrogen-bond donors (Lipinski definition) is 1. The van der Waals surface area contributed by atoms with E-state index < -0.39 is 0 Å². The number of anilines is 1. The molecule has 2 aromatic heterocycles. The average Bonchev–Trinajstić information content (AvgIpc) is 3.01. The molecule has 2 heterocycles. The monoisotopic (exact) mass is 309 g/mol. The van der Waals surface area contributed by atoms with Crippen LogP contribution in [0.4, 0.5) is 5.82 Å². The molecule has 0 aliphatic carbocycles. The van der Waals surface area contributed by atoms with Crippen LogP contribution in [-0.2, 0) is 0 Å². The first-order valence-corrected chi connectivity index (χ1v) is 7.00. The van der Waals surface area contributed by atoms with Crippen molar-refractivity contribution in [3.05, 3.63) is 65.6 Å². The topological polar surface area (TPSA) is 55.6 Å². The van der Waals surface area contributed by atoms with Crippen LogP contribution in [0.2, 0.25) is 5.02 Å². The zero-order chi connectivity index (χ0) is 15.2. The van der Waals surface area contributed by atoms with Crippen molar-refractivity contribution in [2.75, 3.05) is 11.9 Å². The highest BCUT2D eigenvalue weighted by atomic mass is 35.5. The predicted octanol–water partition coefficient (Wildman–Crippen LogP) is 2.78. The summed E-state index contributed by atoms with van der Waals surface area (Å²) < 4.78 is 1.60. The molecule has 3 rings (SSSR count). The van der Waals surface area contributed by atoms with Crippen LogP contribution in [0.15, 0.2) is 55.0 Å². The van der Waals surface area contributed by atoms with Gasteiger partial charge in [0.15, 0.2) is 0 Å². The van der Waals surface area contributed by atoms with Gasteiger partial charge < -0.3 is 5.32 Å². The lowest BCUT2D eigenvalue weighted by Gasteiger charge is -1.98. The minimum atomic E-state index is 0.485. The van der Waals surface area contributed by atoms with E-state index in [1.54, 1.807) is 29.3 Å². The van der Waals surface area contributed by atoms with Gasteiger partial charge in [0.2, 0.25) is 5.95 Å². The second-order valence-corrected chi connectivity index (χ2v) is 4.80. The average molecular weight is 310 g/mol. The van der Waals surface area contributed by atoms with Crippen molar-refractivity contribution >= 4 is 17.4 Å². The molecule has 5 nitrogen and oxygen atoms in total. The Kier molecular flexibility index (Phi) is 4.33. The molecule has 108 valence electrons. The van der Waals surface area contributed by atoms with E-state index in [1.165, 1.54) is 0 Å². The summed E-state index contributed by atoms with van der Waals surface area (Å²) in [5, 5.41) is 8.14. The maximum Gasteiger partial charge on any atom is 0.250 e. The molecular weight excluding hydrogens is 298 g/mol. The van der Waals surface area contributed by atoms with Crippen molar-refractivity contribution < 1.29 is 0 Å². The van der Waals surface area contributed by atoms with E-state index in [0.717, 1.165) is 5.56 Å². The van der Waals surface area contributed by atoms with Crippen molar-refractivity contribution in [2.45, 2.75) is 0 Å². The Morgan fingerprint density at radius 2 is 2.00 bits per heavy atom. The zero-order valence-electron chi connectivity index (χ0n) is 11.6. The number of rotatable bonds is 3. The second kappa shape index (κ2) is 6.74. The van der Waals surface area contributed by atoms with Gasteiger partial charge in [0, 0.05) is 35.2 Å². The van der Waals surface area contributed by atoms with Crippen molar-refractivity contribution in [2.24, 2.45) is 0 Å². The van der Waals surface area contributed by atoms with Crippen molar-refractivity contribution in [1.29, 1.82) is 0 Å². The van der Waals surface area contributed by atoms with Gasteiger partial charge in [-0.15, -0.1) is 5.10 Å². The number of hydrogen-bond acceptors (Lipinski definition) is 4. The Hall–Kier alpha value is -2.84. The van der Waals surface area contributed by atoms with Gasteiger partial charge in [0.25, 0.3) is 0 Å². The van der Waals surface area contributed by atoms with Gasteiger partial charge in [0.1, 0.15) is 5.82 Å². The van der Waals surface area contributed by atoms with E-state index in [1.807, 2.05) is 30.3 Å². The first kappa shape index (κ1) is 14.1. The lowest BCUT2D eigenvalue weighted by molar-refractivity contribution is 0.809. The summed E-state index contributed by atoms with van der Waals surface area (Å²) in [6.45, 7) is 0.485. The summed E-state index contributed by atoms with van der Waals surface area (Å²) in [4.78, 5) is 8.26. The molecule has 6 heteroatoms. The molecule has 0 aliphatic heterocycles. The molecule has 1 aromatic carbocycles. The van der Waals surface area contributed by atoms with Crippen LogP contribution in [0.25, 0.3) is 5.95 Å². The summed E-state index contributed by atoms with van der Waals surface area (Å²) in [5.41, 5.74) is 0.887. The summed E-state index contributed by atoms with van der Waals surface area (Å²) in [5.74, 6) is 7.31. The molecule has 3 aromatic rings. The second-order valence-electron chi connectivity index (χ2n) is 4.36. The minimum absolute atomic E-state index is 0.485. The molecule has 0 saturated heterocycles. The van der Waals surface area contributed by atoms with Crippen LogP contribution in [0.5, 0.6) is 0 Å². The highest BCUT2D eigenvalue weighted by Gasteiger charge is 2.01. The lowest BCUT2D eigenvalue weighted by atomic mass is 10.2. The molecule has 22 heavy (non-hydrogen) atoms. The highest BCUT2D eigenvalue weighted by Crippen LogP contribution is 2.09. The summed E-state index contributed by atoms with van der Waals surface area (Å²) in [7, 11) is 0. The van der Waals surface area contributed by atoms with Crippen molar-refractivity contribution in [1.82, 2.24) is 19.7 Å². The van der Waals surface area contributed by atoms with Crippen molar-refractivity contribution in [3.63, 3.8) is 0 Å². The smallest absolute Gasteiger partial charge is 0.250 e. The lowest BCUT2D eigenvalue weighted by Crippen LogP contribution is -2.03. The molecule has 0 fully saturated rings. The standard InChI is InChI=1S/C16H12ClN5/c17-14-6-1-4-13(12-14)5-2-8-18-15-7-11-22(21-15)16-19-9-3-10-20-16/h1,3-4,6-7,9-12H,8H2,(H,18,21). The van der Waals surface area contributed by atoms with E-state index in [2.05, 4.69) is 32.2 Å². The molecule has 0 aliphatic rings. The minimum Gasteiger partial charge on any atom is -0.358 e. The predicted molar refractivity (Wildman–Crippen MR) is 86.0 cm³/mol. The number of benzene rings is 1. The fourth-order valence-corrected chi connectivity index (χ4v) is 1.98. The van der Waals surface area contributed by atoms with Crippen LogP contribution < -0.4 is 5.32 Å². The highest BCUT2D eigenvalue weighted by molar-refractivity contribution is 6.30. The van der Waals surface area contributed by atoms with E-state index in [-0.39, 0.29) is 0 Å². The first-order chi connectivity index (χ1) is 10.8. The SMILES string of the molecule is Clc1cccc(C#CCNc2ccn(-c3ncccn3)n2)c1.